The molecule has 0 fully saturated rings. The Morgan fingerprint density at radius 1 is 0.818 bits per heavy atom. The molecule has 5 heteroatoms. The van der Waals surface area contributed by atoms with Crippen LogP contribution in [0.3, 0.4) is 0 Å². The van der Waals surface area contributed by atoms with Gasteiger partial charge in [0.05, 0.1) is 0 Å². The lowest BCUT2D eigenvalue weighted by Crippen LogP contribution is -1.99. The number of aromatic nitrogens is 4. The van der Waals surface area contributed by atoms with Crippen LogP contribution in [0.25, 0.3) is 22.5 Å². The van der Waals surface area contributed by atoms with Crippen molar-refractivity contribution in [1.29, 1.82) is 0 Å². The predicted molar refractivity (Wildman–Crippen MR) is 89.4 cm³/mol. The van der Waals surface area contributed by atoms with E-state index in [0.717, 1.165) is 11.1 Å². The van der Waals surface area contributed by atoms with Crippen LogP contribution in [-0.4, -0.2) is 46.7 Å². The molecule has 0 radical (unpaired) electrons. The van der Waals surface area contributed by atoms with Crippen molar-refractivity contribution in [1.82, 2.24) is 25.5 Å². The maximum absolute atomic E-state index is 3.99. The Labute approximate surface area is 131 Å². The normalized spacial score (nSPS) is 10.2. The SMILES string of the molecule is CN(C)C.Cc1ccccc1-c1ccccc1-c1nnn[nH]1. The quantitative estimate of drug-likeness (QED) is 0.789. The fraction of sp³-hybridized carbons (Fsp3) is 0.235. The van der Waals surface area contributed by atoms with Crippen LogP contribution in [0, 0.1) is 6.92 Å². The van der Waals surface area contributed by atoms with Crippen molar-refractivity contribution < 1.29 is 0 Å². The van der Waals surface area contributed by atoms with E-state index in [2.05, 4.69) is 45.7 Å². The molecule has 1 heterocycles. The van der Waals surface area contributed by atoms with E-state index in [1.165, 1.54) is 11.1 Å². The lowest BCUT2D eigenvalue weighted by Gasteiger charge is -2.09. The average Bonchev–Trinajstić information content (AvgIpc) is 3.01. The second-order valence-corrected chi connectivity index (χ2v) is 5.45. The highest BCUT2D eigenvalue weighted by atomic mass is 15.5. The van der Waals surface area contributed by atoms with Crippen LogP contribution in [0.4, 0.5) is 0 Å². The van der Waals surface area contributed by atoms with Crippen molar-refractivity contribution in [3.8, 4) is 22.5 Å². The van der Waals surface area contributed by atoms with Crippen molar-refractivity contribution in [3.05, 3.63) is 54.1 Å². The zero-order chi connectivity index (χ0) is 15.9. The molecule has 0 amide bonds. The van der Waals surface area contributed by atoms with Gasteiger partial charge in [-0.25, -0.2) is 5.10 Å². The topological polar surface area (TPSA) is 57.7 Å². The highest BCUT2D eigenvalue weighted by Crippen LogP contribution is 2.31. The summed E-state index contributed by atoms with van der Waals surface area (Å²) in [5.74, 6) is 0.689. The zero-order valence-electron chi connectivity index (χ0n) is 13.4. The van der Waals surface area contributed by atoms with Crippen molar-refractivity contribution in [2.45, 2.75) is 6.92 Å². The van der Waals surface area contributed by atoms with Gasteiger partial charge in [0.25, 0.3) is 0 Å². The van der Waals surface area contributed by atoms with Gasteiger partial charge in [-0.1, -0.05) is 48.5 Å². The number of hydrogen-bond acceptors (Lipinski definition) is 4. The number of nitrogens with one attached hydrogen (secondary N) is 1. The van der Waals surface area contributed by atoms with Crippen LogP contribution in [0.15, 0.2) is 48.5 Å². The van der Waals surface area contributed by atoms with Gasteiger partial charge in [-0.15, -0.1) is 5.10 Å². The number of benzene rings is 2. The molecule has 0 aliphatic carbocycles. The summed E-state index contributed by atoms with van der Waals surface area (Å²) in [6.45, 7) is 2.10. The van der Waals surface area contributed by atoms with E-state index in [4.69, 9.17) is 0 Å². The minimum atomic E-state index is 0.689. The second kappa shape index (κ2) is 7.47. The maximum atomic E-state index is 3.99. The van der Waals surface area contributed by atoms with Crippen LogP contribution >= 0.6 is 0 Å². The number of aromatic amines is 1. The third-order valence-corrected chi connectivity index (χ3v) is 2.96. The molecule has 1 aromatic heterocycles. The molecule has 114 valence electrons. The summed E-state index contributed by atoms with van der Waals surface area (Å²) in [6.07, 6.45) is 0. The lowest BCUT2D eigenvalue weighted by atomic mass is 9.96. The molecule has 0 aliphatic rings. The molecule has 3 aromatic rings. The molecule has 5 nitrogen and oxygen atoms in total. The van der Waals surface area contributed by atoms with E-state index >= 15 is 0 Å². The summed E-state index contributed by atoms with van der Waals surface area (Å²) in [6, 6.07) is 16.4. The lowest BCUT2D eigenvalue weighted by molar-refractivity contribution is 0.505. The van der Waals surface area contributed by atoms with Gasteiger partial charge in [-0.3, -0.25) is 0 Å². The van der Waals surface area contributed by atoms with Crippen LogP contribution < -0.4 is 0 Å². The van der Waals surface area contributed by atoms with Gasteiger partial charge in [0.1, 0.15) is 0 Å². The fourth-order valence-electron chi connectivity index (χ4n) is 2.07. The molecule has 0 unspecified atom stereocenters. The number of hydrogen-bond donors (Lipinski definition) is 1. The van der Waals surface area contributed by atoms with Crippen molar-refractivity contribution >= 4 is 0 Å². The van der Waals surface area contributed by atoms with E-state index < -0.39 is 0 Å². The Hall–Kier alpha value is -2.53. The van der Waals surface area contributed by atoms with Crippen LogP contribution in [0.2, 0.25) is 0 Å². The third-order valence-electron chi connectivity index (χ3n) is 2.96. The Morgan fingerprint density at radius 3 is 1.91 bits per heavy atom. The van der Waals surface area contributed by atoms with E-state index in [1.54, 1.807) is 0 Å². The minimum Gasteiger partial charge on any atom is -0.312 e. The molecule has 0 atom stereocenters. The Kier molecular flexibility index (Phi) is 5.38. The first-order chi connectivity index (χ1) is 10.6. The average molecular weight is 295 g/mol. The van der Waals surface area contributed by atoms with Crippen molar-refractivity contribution in [2.24, 2.45) is 0 Å². The number of rotatable bonds is 2. The predicted octanol–water partition coefficient (Wildman–Crippen LogP) is 3.02. The molecule has 2 aromatic carbocycles. The van der Waals surface area contributed by atoms with E-state index in [1.807, 2.05) is 56.4 Å². The van der Waals surface area contributed by atoms with Gasteiger partial charge in [0, 0.05) is 5.56 Å². The first kappa shape index (κ1) is 15.9. The molecule has 0 saturated heterocycles. The summed E-state index contributed by atoms with van der Waals surface area (Å²) in [7, 11) is 6.00. The summed E-state index contributed by atoms with van der Waals surface area (Å²) in [5.41, 5.74) is 4.58. The highest BCUT2D eigenvalue weighted by molar-refractivity contribution is 5.81. The van der Waals surface area contributed by atoms with Gasteiger partial charge in [0.2, 0.25) is 0 Å². The van der Waals surface area contributed by atoms with Crippen LogP contribution in [-0.2, 0) is 0 Å². The van der Waals surface area contributed by atoms with Gasteiger partial charge >= 0.3 is 0 Å². The molecule has 1 N–H and O–H groups in total. The van der Waals surface area contributed by atoms with Crippen LogP contribution in [0.1, 0.15) is 5.56 Å². The molecule has 0 bridgehead atoms. The maximum Gasteiger partial charge on any atom is 0.180 e. The number of H-pyrrole nitrogens is 1. The first-order valence-corrected chi connectivity index (χ1v) is 7.09. The fourth-order valence-corrected chi connectivity index (χ4v) is 2.07. The Morgan fingerprint density at radius 2 is 1.36 bits per heavy atom. The van der Waals surface area contributed by atoms with E-state index in [0.29, 0.717) is 5.82 Å². The molecule has 3 rings (SSSR count). The highest BCUT2D eigenvalue weighted by Gasteiger charge is 2.10. The van der Waals surface area contributed by atoms with Crippen molar-refractivity contribution in [3.63, 3.8) is 0 Å². The van der Waals surface area contributed by atoms with E-state index in [-0.39, 0.29) is 0 Å². The van der Waals surface area contributed by atoms with Gasteiger partial charge in [0.15, 0.2) is 5.82 Å². The van der Waals surface area contributed by atoms with Crippen LogP contribution in [0.5, 0.6) is 0 Å². The second-order valence-electron chi connectivity index (χ2n) is 5.45. The van der Waals surface area contributed by atoms with Gasteiger partial charge < -0.3 is 4.90 Å². The largest absolute Gasteiger partial charge is 0.312 e. The first-order valence-electron chi connectivity index (χ1n) is 7.09. The van der Waals surface area contributed by atoms with E-state index in [9.17, 15) is 0 Å². The molecule has 22 heavy (non-hydrogen) atoms. The number of nitrogens with zero attached hydrogens (tertiary/aromatic N) is 4. The van der Waals surface area contributed by atoms with Crippen molar-refractivity contribution in [2.75, 3.05) is 21.1 Å². The molecule has 0 saturated carbocycles. The molecular weight excluding hydrogens is 274 g/mol. The third kappa shape index (κ3) is 3.99. The monoisotopic (exact) mass is 295 g/mol. The Balaban J connectivity index is 0.000000396. The number of aryl methyl sites for hydroxylation is 1. The summed E-state index contributed by atoms with van der Waals surface area (Å²) in [4.78, 5) is 2.00. The summed E-state index contributed by atoms with van der Waals surface area (Å²) >= 11 is 0. The molecule has 0 aliphatic heterocycles. The van der Waals surface area contributed by atoms with Gasteiger partial charge in [-0.05, 0) is 55.2 Å². The molecule has 0 spiro atoms. The Bertz CT molecular complexity index is 702. The smallest absolute Gasteiger partial charge is 0.180 e. The standard InChI is InChI=1S/C14H12N4.C3H9N/c1-10-6-2-3-7-11(10)12-8-4-5-9-13(12)14-15-17-18-16-14;1-4(2)3/h2-9H,1H3,(H,15,16,17,18);1-3H3. The zero-order valence-corrected chi connectivity index (χ0v) is 13.4. The molecular formula is C17H21N5. The van der Waals surface area contributed by atoms with Gasteiger partial charge in [-0.2, -0.15) is 0 Å². The summed E-state index contributed by atoms with van der Waals surface area (Å²) < 4.78 is 0. The number of tetrazole rings is 1. The minimum absolute atomic E-state index is 0.689. The summed E-state index contributed by atoms with van der Waals surface area (Å²) in [5, 5.41) is 14.1.